The van der Waals surface area contributed by atoms with Gasteiger partial charge in [0.2, 0.25) is 0 Å². The molecule has 0 aromatic heterocycles. The zero-order chi connectivity index (χ0) is 14.5. The second kappa shape index (κ2) is 5.98. The van der Waals surface area contributed by atoms with E-state index in [1.54, 1.807) is 30.3 Å². The second-order valence-corrected chi connectivity index (χ2v) is 4.31. The van der Waals surface area contributed by atoms with Crippen LogP contribution in [-0.4, -0.2) is 15.1 Å². The molecular formula is C13H11N3O3S. The molecule has 0 fully saturated rings. The fourth-order valence-electron chi connectivity index (χ4n) is 1.53. The number of hydrogen-bond acceptors (Lipinski definition) is 4. The molecule has 0 heterocycles. The van der Waals surface area contributed by atoms with Crippen molar-refractivity contribution in [2.24, 2.45) is 0 Å². The van der Waals surface area contributed by atoms with Gasteiger partial charge in [-0.2, -0.15) is 0 Å². The molecule has 0 saturated heterocycles. The lowest BCUT2D eigenvalue weighted by Crippen LogP contribution is -2.19. The van der Waals surface area contributed by atoms with Crippen LogP contribution < -0.4 is 10.6 Å². The Morgan fingerprint density at radius 2 is 1.75 bits per heavy atom. The van der Waals surface area contributed by atoms with Crippen LogP contribution in [0.15, 0.2) is 48.5 Å². The van der Waals surface area contributed by atoms with Crippen molar-refractivity contribution in [2.75, 3.05) is 10.6 Å². The Balaban J connectivity index is 2.01. The van der Waals surface area contributed by atoms with Gasteiger partial charge in [-0.05, 0) is 36.5 Å². The van der Waals surface area contributed by atoms with E-state index in [2.05, 4.69) is 10.6 Å². The van der Waals surface area contributed by atoms with E-state index in [1.807, 2.05) is 0 Å². The molecule has 3 N–H and O–H groups in total. The van der Waals surface area contributed by atoms with Crippen LogP contribution in [0.3, 0.4) is 0 Å². The number of benzene rings is 2. The summed E-state index contributed by atoms with van der Waals surface area (Å²) in [6, 6.07) is 12.5. The van der Waals surface area contributed by atoms with Gasteiger partial charge in [0.05, 0.1) is 10.6 Å². The number of thiocarbonyl (C=S) groups is 1. The standard InChI is InChI=1S/C13H11N3O3S/c17-12-4-2-1-3-11(12)15-13(20)14-9-5-7-10(8-6-9)16(18)19/h1-8,17H,(H2,14,15,20). The summed E-state index contributed by atoms with van der Waals surface area (Å²) < 4.78 is 0. The molecule has 6 nitrogen and oxygen atoms in total. The maximum Gasteiger partial charge on any atom is 0.269 e. The number of phenols is 1. The first kappa shape index (κ1) is 13.8. The Hall–Kier alpha value is -2.67. The van der Waals surface area contributed by atoms with Crippen molar-refractivity contribution in [1.29, 1.82) is 0 Å². The number of anilines is 2. The van der Waals surface area contributed by atoms with Gasteiger partial charge in [0.25, 0.3) is 5.69 Å². The van der Waals surface area contributed by atoms with Crippen LogP contribution in [0.2, 0.25) is 0 Å². The van der Waals surface area contributed by atoms with Crippen LogP contribution in [0.25, 0.3) is 0 Å². The molecule has 0 saturated carbocycles. The number of aromatic hydroxyl groups is 1. The molecule has 0 aliphatic carbocycles. The number of nitrogens with one attached hydrogen (secondary N) is 2. The maximum atomic E-state index is 10.5. The number of rotatable bonds is 3. The average molecular weight is 289 g/mol. The highest BCUT2D eigenvalue weighted by Crippen LogP contribution is 2.22. The van der Waals surface area contributed by atoms with Crippen molar-refractivity contribution in [3.63, 3.8) is 0 Å². The minimum absolute atomic E-state index is 0.00938. The summed E-state index contributed by atoms with van der Waals surface area (Å²) in [5.74, 6) is 0.0837. The molecule has 2 rings (SSSR count). The highest BCUT2D eigenvalue weighted by Gasteiger charge is 2.06. The van der Waals surface area contributed by atoms with Gasteiger partial charge in [0.1, 0.15) is 5.75 Å². The second-order valence-electron chi connectivity index (χ2n) is 3.90. The lowest BCUT2D eigenvalue weighted by Gasteiger charge is -2.11. The van der Waals surface area contributed by atoms with E-state index < -0.39 is 4.92 Å². The van der Waals surface area contributed by atoms with Gasteiger partial charge in [0.15, 0.2) is 5.11 Å². The summed E-state index contributed by atoms with van der Waals surface area (Å²) in [6.07, 6.45) is 0. The largest absolute Gasteiger partial charge is 0.506 e. The lowest BCUT2D eigenvalue weighted by atomic mass is 10.3. The third kappa shape index (κ3) is 3.42. The first-order valence-corrected chi connectivity index (χ1v) is 6.07. The number of para-hydroxylation sites is 2. The zero-order valence-corrected chi connectivity index (χ0v) is 11.1. The Morgan fingerprint density at radius 1 is 1.10 bits per heavy atom. The molecule has 2 aromatic rings. The van der Waals surface area contributed by atoms with Gasteiger partial charge in [-0.25, -0.2) is 0 Å². The van der Waals surface area contributed by atoms with Crippen LogP contribution in [0, 0.1) is 10.1 Å². The first-order chi connectivity index (χ1) is 9.56. The molecule has 0 bridgehead atoms. The van der Waals surface area contributed by atoms with E-state index in [0.29, 0.717) is 11.4 Å². The summed E-state index contributed by atoms with van der Waals surface area (Å²) in [6.45, 7) is 0. The molecule has 0 amide bonds. The lowest BCUT2D eigenvalue weighted by molar-refractivity contribution is -0.384. The minimum atomic E-state index is -0.470. The molecule has 0 aliphatic rings. The summed E-state index contributed by atoms with van der Waals surface area (Å²) >= 11 is 5.09. The summed E-state index contributed by atoms with van der Waals surface area (Å²) in [7, 11) is 0. The number of non-ortho nitro benzene ring substituents is 1. The van der Waals surface area contributed by atoms with Gasteiger partial charge in [-0.15, -0.1) is 0 Å². The fourth-order valence-corrected chi connectivity index (χ4v) is 1.76. The van der Waals surface area contributed by atoms with E-state index in [-0.39, 0.29) is 16.5 Å². The molecule has 0 unspecified atom stereocenters. The van der Waals surface area contributed by atoms with E-state index >= 15 is 0 Å². The zero-order valence-electron chi connectivity index (χ0n) is 10.2. The van der Waals surface area contributed by atoms with Crippen LogP contribution in [-0.2, 0) is 0 Å². The SMILES string of the molecule is O=[N+]([O-])c1ccc(NC(=S)Nc2ccccc2O)cc1. The molecule has 0 radical (unpaired) electrons. The molecule has 0 atom stereocenters. The van der Waals surface area contributed by atoms with Crippen LogP contribution in [0.4, 0.5) is 17.1 Å². The predicted molar refractivity (Wildman–Crippen MR) is 81.0 cm³/mol. The van der Waals surface area contributed by atoms with Gasteiger partial charge >= 0.3 is 0 Å². The molecule has 0 spiro atoms. The normalized spacial score (nSPS) is 9.80. The third-order valence-corrected chi connectivity index (χ3v) is 2.69. The van der Waals surface area contributed by atoms with E-state index in [1.165, 1.54) is 18.2 Å². The van der Waals surface area contributed by atoms with Crippen LogP contribution in [0.5, 0.6) is 5.75 Å². The van der Waals surface area contributed by atoms with Crippen LogP contribution in [0.1, 0.15) is 0 Å². The number of hydrogen-bond donors (Lipinski definition) is 3. The number of nitrogens with zero attached hydrogens (tertiary/aromatic N) is 1. The Labute approximate surface area is 120 Å². The average Bonchev–Trinajstić information content (AvgIpc) is 2.42. The molecular weight excluding hydrogens is 278 g/mol. The minimum Gasteiger partial charge on any atom is -0.506 e. The molecule has 20 heavy (non-hydrogen) atoms. The smallest absolute Gasteiger partial charge is 0.269 e. The molecule has 7 heteroatoms. The summed E-state index contributed by atoms with van der Waals surface area (Å²) in [4.78, 5) is 10.1. The predicted octanol–water partition coefficient (Wildman–Crippen LogP) is 3.11. The van der Waals surface area contributed by atoms with Gasteiger partial charge in [-0.3, -0.25) is 10.1 Å². The Bertz CT molecular complexity index is 644. The molecule has 102 valence electrons. The van der Waals surface area contributed by atoms with E-state index in [0.717, 1.165) is 0 Å². The maximum absolute atomic E-state index is 10.5. The van der Waals surface area contributed by atoms with Crippen molar-refractivity contribution in [3.05, 3.63) is 58.6 Å². The van der Waals surface area contributed by atoms with Gasteiger partial charge < -0.3 is 15.7 Å². The topological polar surface area (TPSA) is 87.4 Å². The number of nitro benzene ring substituents is 1. The van der Waals surface area contributed by atoms with Gasteiger partial charge in [-0.1, -0.05) is 12.1 Å². The molecule has 2 aromatic carbocycles. The summed E-state index contributed by atoms with van der Waals surface area (Å²) in [5.41, 5.74) is 1.10. The first-order valence-electron chi connectivity index (χ1n) is 5.67. The van der Waals surface area contributed by atoms with Crippen molar-refractivity contribution in [2.45, 2.75) is 0 Å². The Morgan fingerprint density at radius 3 is 2.35 bits per heavy atom. The third-order valence-electron chi connectivity index (χ3n) is 2.49. The van der Waals surface area contributed by atoms with Crippen molar-refractivity contribution in [1.82, 2.24) is 0 Å². The fraction of sp³-hybridized carbons (Fsp3) is 0. The molecule has 0 aliphatic heterocycles. The highest BCUT2D eigenvalue weighted by atomic mass is 32.1. The van der Waals surface area contributed by atoms with Crippen LogP contribution >= 0.6 is 12.2 Å². The monoisotopic (exact) mass is 289 g/mol. The van der Waals surface area contributed by atoms with Crippen molar-refractivity contribution < 1.29 is 10.0 Å². The van der Waals surface area contributed by atoms with Crippen molar-refractivity contribution >= 4 is 34.4 Å². The quantitative estimate of drug-likeness (QED) is 0.348. The number of nitro groups is 1. The number of phenolic OH excluding ortho intramolecular Hbond substituents is 1. The van der Waals surface area contributed by atoms with Gasteiger partial charge in [0, 0.05) is 17.8 Å². The summed E-state index contributed by atoms with van der Waals surface area (Å²) in [5, 5.41) is 26.1. The van der Waals surface area contributed by atoms with Crippen molar-refractivity contribution in [3.8, 4) is 5.75 Å². The van der Waals surface area contributed by atoms with E-state index in [4.69, 9.17) is 12.2 Å². The Kier molecular flexibility index (Phi) is 4.11. The highest BCUT2D eigenvalue weighted by molar-refractivity contribution is 7.80. The van der Waals surface area contributed by atoms with E-state index in [9.17, 15) is 15.2 Å².